The third kappa shape index (κ3) is 2.63. The van der Waals surface area contributed by atoms with Gasteiger partial charge in [0.2, 0.25) is 0 Å². The lowest BCUT2D eigenvalue weighted by molar-refractivity contribution is 0.788. The fourth-order valence-corrected chi connectivity index (χ4v) is 2.61. The Labute approximate surface area is 124 Å². The minimum absolute atomic E-state index is 0.0721. The topological polar surface area (TPSA) is 68.5 Å². The highest BCUT2D eigenvalue weighted by atomic mass is 35.5. The van der Waals surface area contributed by atoms with Gasteiger partial charge in [0.15, 0.2) is 0 Å². The first-order valence-electron chi connectivity index (χ1n) is 5.91. The van der Waals surface area contributed by atoms with Gasteiger partial charge >= 0.3 is 0 Å². The van der Waals surface area contributed by atoms with Crippen molar-refractivity contribution in [3.05, 3.63) is 46.1 Å². The highest BCUT2D eigenvalue weighted by Crippen LogP contribution is 2.28. The molecule has 0 amide bonds. The average molecular weight is 307 g/mol. The maximum Gasteiger partial charge on any atom is 0.143 e. The summed E-state index contributed by atoms with van der Waals surface area (Å²) in [5, 5.41) is 17.1. The van der Waals surface area contributed by atoms with Crippen molar-refractivity contribution in [2.24, 2.45) is 0 Å². The second-order valence-corrected chi connectivity index (χ2v) is 5.32. The molecule has 2 aromatic heterocycles. The highest BCUT2D eigenvalue weighted by Gasteiger charge is 2.10. The number of halogens is 1. The Kier molecular flexibility index (Phi) is 3.62. The van der Waals surface area contributed by atoms with E-state index in [4.69, 9.17) is 11.6 Å². The first-order chi connectivity index (χ1) is 9.74. The molecule has 0 saturated carbocycles. The molecule has 0 spiro atoms. The van der Waals surface area contributed by atoms with E-state index in [0.717, 1.165) is 17.1 Å². The SMILES string of the molecule is CC(Nc1cc(-n2cnnn2)ccc1Cl)c1cscn1. The average Bonchev–Trinajstić information content (AvgIpc) is 3.14. The molecule has 0 fully saturated rings. The van der Waals surface area contributed by atoms with E-state index >= 15 is 0 Å². The van der Waals surface area contributed by atoms with Crippen LogP contribution in [0.2, 0.25) is 5.02 Å². The molecule has 1 atom stereocenters. The van der Waals surface area contributed by atoms with Crippen LogP contribution in [0.3, 0.4) is 0 Å². The second kappa shape index (κ2) is 5.56. The summed E-state index contributed by atoms with van der Waals surface area (Å²) in [5.74, 6) is 0. The fourth-order valence-electron chi connectivity index (χ4n) is 1.79. The van der Waals surface area contributed by atoms with Gasteiger partial charge in [0.25, 0.3) is 0 Å². The van der Waals surface area contributed by atoms with Crippen LogP contribution in [0.5, 0.6) is 0 Å². The van der Waals surface area contributed by atoms with Gasteiger partial charge in [-0.25, -0.2) is 9.67 Å². The number of hydrogen-bond acceptors (Lipinski definition) is 6. The predicted octanol–water partition coefficient (Wildman–Crippen LogP) is 2.95. The summed E-state index contributed by atoms with van der Waals surface area (Å²) in [6.07, 6.45) is 1.54. The quantitative estimate of drug-likeness (QED) is 0.802. The van der Waals surface area contributed by atoms with Crippen molar-refractivity contribution in [3.63, 3.8) is 0 Å². The summed E-state index contributed by atoms with van der Waals surface area (Å²) < 4.78 is 1.58. The third-order valence-corrected chi connectivity index (χ3v) is 3.76. The van der Waals surface area contributed by atoms with E-state index in [1.54, 1.807) is 16.0 Å². The van der Waals surface area contributed by atoms with Crippen LogP contribution in [0.15, 0.2) is 35.4 Å². The normalized spacial score (nSPS) is 12.3. The zero-order valence-corrected chi connectivity index (χ0v) is 12.1. The smallest absolute Gasteiger partial charge is 0.143 e. The molecule has 0 saturated heterocycles. The molecule has 8 heteroatoms. The van der Waals surface area contributed by atoms with Crippen LogP contribution in [0.4, 0.5) is 5.69 Å². The van der Waals surface area contributed by atoms with Crippen molar-refractivity contribution in [2.75, 3.05) is 5.32 Å². The van der Waals surface area contributed by atoms with Crippen LogP contribution in [-0.4, -0.2) is 25.2 Å². The van der Waals surface area contributed by atoms with Gasteiger partial charge in [-0.2, -0.15) is 0 Å². The third-order valence-electron chi connectivity index (χ3n) is 2.83. The molecular weight excluding hydrogens is 296 g/mol. The molecule has 1 unspecified atom stereocenters. The maximum atomic E-state index is 6.22. The number of nitrogens with one attached hydrogen (secondary N) is 1. The van der Waals surface area contributed by atoms with E-state index in [1.165, 1.54) is 6.33 Å². The molecule has 102 valence electrons. The molecule has 0 aliphatic heterocycles. The molecule has 3 rings (SSSR count). The number of thiazole rings is 1. The molecule has 0 aliphatic carbocycles. The van der Waals surface area contributed by atoms with E-state index in [-0.39, 0.29) is 6.04 Å². The predicted molar refractivity (Wildman–Crippen MR) is 78.3 cm³/mol. The molecular formula is C12H11ClN6S. The number of nitrogens with zero attached hydrogens (tertiary/aromatic N) is 5. The highest BCUT2D eigenvalue weighted by molar-refractivity contribution is 7.07. The van der Waals surface area contributed by atoms with Gasteiger partial charge in [-0.3, -0.25) is 0 Å². The summed E-state index contributed by atoms with van der Waals surface area (Å²) in [4.78, 5) is 4.29. The first-order valence-corrected chi connectivity index (χ1v) is 7.23. The summed E-state index contributed by atoms with van der Waals surface area (Å²) in [6.45, 7) is 2.04. The molecule has 1 N–H and O–H groups in total. The van der Waals surface area contributed by atoms with Crippen molar-refractivity contribution in [2.45, 2.75) is 13.0 Å². The van der Waals surface area contributed by atoms with Crippen molar-refractivity contribution in [1.29, 1.82) is 0 Å². The molecule has 6 nitrogen and oxygen atoms in total. The zero-order valence-electron chi connectivity index (χ0n) is 10.6. The van der Waals surface area contributed by atoms with Crippen molar-refractivity contribution < 1.29 is 0 Å². The van der Waals surface area contributed by atoms with E-state index < -0.39 is 0 Å². The molecule has 0 radical (unpaired) electrons. The van der Waals surface area contributed by atoms with E-state index in [2.05, 4.69) is 25.8 Å². The monoisotopic (exact) mass is 306 g/mol. The van der Waals surface area contributed by atoms with Gasteiger partial charge in [0.1, 0.15) is 6.33 Å². The number of hydrogen-bond donors (Lipinski definition) is 1. The minimum Gasteiger partial charge on any atom is -0.376 e. The van der Waals surface area contributed by atoms with E-state index in [0.29, 0.717) is 5.02 Å². The van der Waals surface area contributed by atoms with Crippen LogP contribution in [0.1, 0.15) is 18.7 Å². The Morgan fingerprint density at radius 2 is 2.30 bits per heavy atom. The Bertz CT molecular complexity index is 682. The molecule has 3 aromatic rings. The van der Waals surface area contributed by atoms with E-state index in [9.17, 15) is 0 Å². The summed E-state index contributed by atoms with van der Waals surface area (Å²) >= 11 is 7.79. The molecule has 0 aliphatic rings. The summed E-state index contributed by atoms with van der Waals surface area (Å²) in [7, 11) is 0. The van der Waals surface area contributed by atoms with E-state index in [1.807, 2.05) is 36.0 Å². The Morgan fingerprint density at radius 3 is 3.00 bits per heavy atom. The minimum atomic E-state index is 0.0721. The summed E-state index contributed by atoms with van der Waals surface area (Å²) in [5.41, 5.74) is 4.46. The Hall–Kier alpha value is -1.99. The number of benzene rings is 1. The Balaban J connectivity index is 1.87. The number of anilines is 1. The first kappa shape index (κ1) is 13.0. The standard InChI is InChI=1S/C12H11ClN6S/c1-8(12-5-20-7-14-12)16-11-4-9(2-3-10(11)13)19-6-15-17-18-19/h2-8,16H,1H3. The number of aromatic nitrogens is 5. The van der Waals surface area contributed by atoms with Crippen LogP contribution in [0.25, 0.3) is 5.69 Å². The fraction of sp³-hybridized carbons (Fsp3) is 0.167. The lowest BCUT2D eigenvalue weighted by Gasteiger charge is -2.15. The summed E-state index contributed by atoms with van der Waals surface area (Å²) in [6, 6.07) is 5.65. The van der Waals surface area contributed by atoms with Gasteiger partial charge < -0.3 is 5.32 Å². The second-order valence-electron chi connectivity index (χ2n) is 4.20. The molecule has 1 aromatic carbocycles. The number of rotatable bonds is 4. The van der Waals surface area contributed by atoms with Crippen molar-refractivity contribution in [1.82, 2.24) is 25.2 Å². The molecule has 0 bridgehead atoms. The van der Waals surface area contributed by atoms with Crippen molar-refractivity contribution in [3.8, 4) is 5.69 Å². The zero-order chi connectivity index (χ0) is 13.9. The van der Waals surface area contributed by atoms with Crippen LogP contribution in [-0.2, 0) is 0 Å². The maximum absolute atomic E-state index is 6.22. The van der Waals surface area contributed by atoms with Crippen LogP contribution in [0, 0.1) is 0 Å². The van der Waals surface area contributed by atoms with Gasteiger partial charge in [-0.15, -0.1) is 16.4 Å². The number of tetrazole rings is 1. The molecule has 20 heavy (non-hydrogen) atoms. The van der Waals surface area contributed by atoms with Crippen LogP contribution < -0.4 is 5.32 Å². The van der Waals surface area contributed by atoms with Gasteiger partial charge in [-0.1, -0.05) is 11.6 Å². The lowest BCUT2D eigenvalue weighted by atomic mass is 10.2. The Morgan fingerprint density at radius 1 is 1.40 bits per heavy atom. The molecule has 2 heterocycles. The lowest BCUT2D eigenvalue weighted by Crippen LogP contribution is -2.08. The van der Waals surface area contributed by atoms with Gasteiger partial charge in [0.05, 0.1) is 33.6 Å². The van der Waals surface area contributed by atoms with Gasteiger partial charge in [0, 0.05) is 5.38 Å². The van der Waals surface area contributed by atoms with Crippen molar-refractivity contribution >= 4 is 28.6 Å². The van der Waals surface area contributed by atoms with Crippen LogP contribution >= 0.6 is 22.9 Å². The largest absolute Gasteiger partial charge is 0.376 e. The van der Waals surface area contributed by atoms with Gasteiger partial charge in [-0.05, 0) is 35.5 Å².